The molecule has 218 valence electrons. The second-order valence-corrected chi connectivity index (χ2v) is 10.4. The molecule has 2 amide bonds. The van der Waals surface area contributed by atoms with Gasteiger partial charge in [0.2, 0.25) is 11.8 Å². The summed E-state index contributed by atoms with van der Waals surface area (Å²) >= 11 is 0. The molecule has 0 aliphatic carbocycles. The Labute approximate surface area is 270 Å². The van der Waals surface area contributed by atoms with Crippen molar-refractivity contribution in [2.75, 3.05) is 51.3 Å². The molecule has 0 atom stereocenters. The van der Waals surface area contributed by atoms with Crippen LogP contribution in [0.4, 0.5) is 5.69 Å². The Kier molecular flexibility index (Phi) is 13.0. The van der Waals surface area contributed by atoms with E-state index >= 15 is 0 Å². The summed E-state index contributed by atoms with van der Waals surface area (Å²) in [6.07, 6.45) is 0. The predicted octanol–water partition coefficient (Wildman–Crippen LogP) is 1.43. The number of piperazine rings is 1. The molecule has 2 N–H and O–H groups in total. The zero-order chi connectivity index (χ0) is 29.2. The normalized spacial score (nSPS) is 13.5. The maximum absolute atomic E-state index is 12.8. The van der Waals surface area contributed by atoms with Gasteiger partial charge in [-0.1, -0.05) is 74.5 Å². The third-order valence-corrected chi connectivity index (χ3v) is 6.80. The Balaban J connectivity index is 0.00000323. The quantitative estimate of drug-likeness (QED) is 0.311. The van der Waals surface area contributed by atoms with Gasteiger partial charge in [-0.2, -0.15) is 0 Å². The van der Waals surface area contributed by atoms with Crippen molar-refractivity contribution in [3.8, 4) is 5.75 Å². The number of carbonyl (C=O) groups excluding carboxylic acids is 2. The third-order valence-electron chi connectivity index (χ3n) is 6.80. The number of rotatable bonds is 12. The number of amides is 2. The number of carbonyl (C=O) groups is 3. The number of carboxylic acid groups (broad SMARTS) is 1. The molecule has 0 aromatic heterocycles. The first kappa shape index (κ1) is 33.3. The van der Waals surface area contributed by atoms with Gasteiger partial charge in [0.05, 0.1) is 23.9 Å². The molecule has 0 spiro atoms. The Bertz CT molecular complexity index is 1280. The standard InChI is InChI=1S/C32H37N3O6.Na.H/c1-23(2)20-41-26-13-14-28(27(19-26)32(38)39)33-29(36)21-40-22-30(37)34-15-17-35(18-16-34)31(24-9-5-3-6-10-24)25-11-7-4-8-12-25;;/h3-14,19,23,31H,15-18,20-22H2,1-2H3,(H,33,36)(H,38,39);;/q;+1;-1. The van der Waals surface area contributed by atoms with Crippen molar-refractivity contribution < 1.29 is 59.9 Å². The first-order valence-electron chi connectivity index (χ1n) is 13.8. The van der Waals surface area contributed by atoms with E-state index in [1.165, 1.54) is 23.3 Å². The van der Waals surface area contributed by atoms with E-state index in [2.05, 4.69) is 34.5 Å². The molecule has 0 bridgehead atoms. The van der Waals surface area contributed by atoms with Gasteiger partial charge in [-0.25, -0.2) is 4.79 Å². The van der Waals surface area contributed by atoms with Gasteiger partial charge in [0.25, 0.3) is 0 Å². The minimum Gasteiger partial charge on any atom is -1.00 e. The van der Waals surface area contributed by atoms with Crippen molar-refractivity contribution in [1.29, 1.82) is 0 Å². The molecule has 0 saturated carbocycles. The number of ether oxygens (including phenoxy) is 2. The average molecular weight is 584 g/mol. The monoisotopic (exact) mass is 583 g/mol. The van der Waals surface area contributed by atoms with Crippen LogP contribution in [-0.4, -0.2) is 78.7 Å². The smallest absolute Gasteiger partial charge is 1.00 e. The van der Waals surface area contributed by atoms with Crippen molar-refractivity contribution in [2.24, 2.45) is 5.92 Å². The molecule has 3 aromatic carbocycles. The van der Waals surface area contributed by atoms with Gasteiger partial charge in [-0.05, 0) is 35.2 Å². The van der Waals surface area contributed by atoms with Crippen LogP contribution in [0, 0.1) is 5.92 Å². The van der Waals surface area contributed by atoms with Crippen LogP contribution in [0.5, 0.6) is 5.75 Å². The molecular formula is C32H38N3NaO6. The molecule has 10 heteroatoms. The van der Waals surface area contributed by atoms with Crippen LogP contribution in [0.2, 0.25) is 0 Å². The average Bonchev–Trinajstić information content (AvgIpc) is 2.98. The molecule has 9 nitrogen and oxygen atoms in total. The predicted molar refractivity (Wildman–Crippen MR) is 157 cm³/mol. The Morgan fingerprint density at radius 1 is 0.881 bits per heavy atom. The topological polar surface area (TPSA) is 108 Å². The first-order valence-corrected chi connectivity index (χ1v) is 13.8. The molecule has 0 unspecified atom stereocenters. The molecule has 1 saturated heterocycles. The molecule has 1 aliphatic heterocycles. The molecule has 1 fully saturated rings. The second kappa shape index (κ2) is 16.4. The van der Waals surface area contributed by atoms with E-state index in [-0.39, 0.29) is 73.3 Å². The number of nitrogens with zero attached hydrogens (tertiary/aromatic N) is 2. The van der Waals surface area contributed by atoms with Crippen molar-refractivity contribution in [1.82, 2.24) is 9.80 Å². The largest absolute Gasteiger partial charge is 1.00 e. The van der Waals surface area contributed by atoms with E-state index in [4.69, 9.17) is 9.47 Å². The van der Waals surface area contributed by atoms with Crippen molar-refractivity contribution in [3.05, 3.63) is 95.6 Å². The molecule has 3 aromatic rings. The van der Waals surface area contributed by atoms with Gasteiger partial charge in [0.1, 0.15) is 19.0 Å². The van der Waals surface area contributed by atoms with E-state index < -0.39 is 11.9 Å². The maximum atomic E-state index is 12.8. The molecule has 42 heavy (non-hydrogen) atoms. The molecule has 4 rings (SSSR count). The summed E-state index contributed by atoms with van der Waals surface area (Å²) in [4.78, 5) is 41.1. The van der Waals surface area contributed by atoms with Gasteiger partial charge in [-0.3, -0.25) is 14.5 Å². The van der Waals surface area contributed by atoms with Crippen LogP contribution < -0.4 is 39.6 Å². The van der Waals surface area contributed by atoms with Crippen molar-refractivity contribution in [2.45, 2.75) is 19.9 Å². The summed E-state index contributed by atoms with van der Waals surface area (Å²) in [5.74, 6) is -1.23. The molecule has 1 aliphatic rings. The maximum Gasteiger partial charge on any atom is 1.00 e. The SMILES string of the molecule is CC(C)COc1ccc(NC(=O)COCC(=O)N2CCN(C(c3ccccc3)c3ccccc3)CC2)c(C(=O)O)c1.[H-].[Na+]. The van der Waals surface area contributed by atoms with Gasteiger partial charge in [0, 0.05) is 26.2 Å². The second-order valence-electron chi connectivity index (χ2n) is 10.4. The number of anilines is 1. The number of nitrogens with one attached hydrogen (secondary N) is 1. The molecular weight excluding hydrogens is 545 g/mol. The fraction of sp³-hybridized carbons (Fsp3) is 0.344. The van der Waals surface area contributed by atoms with E-state index in [0.29, 0.717) is 38.5 Å². The summed E-state index contributed by atoms with van der Waals surface area (Å²) in [7, 11) is 0. The fourth-order valence-corrected chi connectivity index (χ4v) is 4.78. The van der Waals surface area contributed by atoms with E-state index in [1.807, 2.05) is 50.2 Å². The van der Waals surface area contributed by atoms with Gasteiger partial charge < -0.3 is 26.2 Å². The van der Waals surface area contributed by atoms with Gasteiger partial charge >= 0.3 is 35.5 Å². The Morgan fingerprint density at radius 2 is 1.48 bits per heavy atom. The van der Waals surface area contributed by atoms with Crippen LogP contribution in [0.15, 0.2) is 78.9 Å². The Morgan fingerprint density at radius 3 is 2.02 bits per heavy atom. The summed E-state index contributed by atoms with van der Waals surface area (Å²) < 4.78 is 11.0. The van der Waals surface area contributed by atoms with E-state index in [0.717, 1.165) is 0 Å². The van der Waals surface area contributed by atoms with E-state index in [9.17, 15) is 19.5 Å². The van der Waals surface area contributed by atoms with Crippen molar-refractivity contribution in [3.63, 3.8) is 0 Å². The van der Waals surface area contributed by atoms with Crippen LogP contribution >= 0.6 is 0 Å². The Hall–Kier alpha value is -3.21. The van der Waals surface area contributed by atoms with Crippen LogP contribution in [0.3, 0.4) is 0 Å². The van der Waals surface area contributed by atoms with Crippen LogP contribution in [0.25, 0.3) is 0 Å². The number of hydrogen-bond acceptors (Lipinski definition) is 6. The summed E-state index contributed by atoms with van der Waals surface area (Å²) in [6.45, 7) is 6.33. The molecule has 0 radical (unpaired) electrons. The number of benzene rings is 3. The minimum atomic E-state index is -1.19. The van der Waals surface area contributed by atoms with Gasteiger partial charge in [0.15, 0.2) is 0 Å². The third kappa shape index (κ3) is 9.40. The minimum absolute atomic E-state index is 0. The summed E-state index contributed by atoms with van der Waals surface area (Å²) in [6, 6.07) is 25.3. The number of carboxylic acids is 1. The number of hydrogen-bond donors (Lipinski definition) is 2. The summed E-state index contributed by atoms with van der Waals surface area (Å²) in [5.41, 5.74) is 2.46. The van der Waals surface area contributed by atoms with E-state index in [1.54, 1.807) is 11.0 Å². The zero-order valence-electron chi connectivity index (χ0n) is 25.5. The number of aromatic carboxylic acids is 1. The summed E-state index contributed by atoms with van der Waals surface area (Å²) in [5, 5.41) is 12.1. The molecule has 1 heterocycles. The van der Waals surface area contributed by atoms with Crippen LogP contribution in [0.1, 0.15) is 42.8 Å². The first-order chi connectivity index (χ1) is 19.8. The van der Waals surface area contributed by atoms with Gasteiger partial charge in [-0.15, -0.1) is 0 Å². The fourth-order valence-electron chi connectivity index (χ4n) is 4.78. The van der Waals surface area contributed by atoms with Crippen molar-refractivity contribution >= 4 is 23.5 Å². The zero-order valence-corrected chi connectivity index (χ0v) is 26.5. The van der Waals surface area contributed by atoms with Crippen LogP contribution in [-0.2, 0) is 14.3 Å².